The smallest absolute Gasteiger partial charge is 0.357 e. The van der Waals surface area contributed by atoms with Crippen molar-refractivity contribution < 1.29 is 14.3 Å². The second kappa shape index (κ2) is 7.72. The fourth-order valence-electron chi connectivity index (χ4n) is 1.78. The summed E-state index contributed by atoms with van der Waals surface area (Å²) < 4.78 is 11.7. The van der Waals surface area contributed by atoms with E-state index in [2.05, 4.69) is 20.9 Å². The molecule has 4 nitrogen and oxygen atoms in total. The molecule has 0 aliphatic carbocycles. The molecule has 7 heteroatoms. The number of thiazole rings is 1. The van der Waals surface area contributed by atoms with Crippen molar-refractivity contribution in [3.8, 4) is 15.6 Å². The molecule has 1 aromatic carbocycles. The van der Waals surface area contributed by atoms with E-state index in [1.165, 1.54) is 11.3 Å². The molecule has 0 saturated heterocycles. The summed E-state index contributed by atoms with van der Waals surface area (Å²) in [6.45, 7) is 0.482. The molecule has 0 fully saturated rings. The van der Waals surface area contributed by atoms with Crippen molar-refractivity contribution in [2.24, 2.45) is 0 Å². The average molecular weight is 410 g/mol. The average Bonchev–Trinajstić information content (AvgIpc) is 3.23. The molecule has 23 heavy (non-hydrogen) atoms. The first kappa shape index (κ1) is 16.2. The maximum atomic E-state index is 11.9. The Morgan fingerprint density at radius 2 is 1.96 bits per heavy atom. The molecule has 0 saturated carbocycles. The zero-order chi connectivity index (χ0) is 16.1. The Bertz CT molecular complexity index is 769. The van der Waals surface area contributed by atoms with E-state index in [1.807, 2.05) is 41.8 Å². The minimum absolute atomic E-state index is 0.181. The lowest BCUT2D eigenvalue weighted by molar-refractivity contribution is 0.0444. The third-order valence-corrected chi connectivity index (χ3v) is 5.25. The van der Waals surface area contributed by atoms with Crippen LogP contribution in [0.4, 0.5) is 0 Å². The van der Waals surface area contributed by atoms with E-state index in [1.54, 1.807) is 16.7 Å². The number of ether oxygens (including phenoxy) is 2. The van der Waals surface area contributed by atoms with Crippen LogP contribution in [0.25, 0.3) is 9.88 Å². The second-order valence-corrected chi connectivity index (χ2v) is 7.17. The van der Waals surface area contributed by atoms with Crippen LogP contribution in [-0.2, 0) is 4.74 Å². The van der Waals surface area contributed by atoms with Crippen molar-refractivity contribution in [3.63, 3.8) is 0 Å². The Morgan fingerprint density at radius 1 is 1.13 bits per heavy atom. The lowest BCUT2D eigenvalue weighted by Gasteiger charge is -2.06. The highest BCUT2D eigenvalue weighted by molar-refractivity contribution is 9.10. The van der Waals surface area contributed by atoms with Gasteiger partial charge in [0.1, 0.15) is 24.0 Å². The SMILES string of the molecule is O=C(OCCOc1ccc(Br)cc1)c1csc(-c2cccs2)n1. The highest BCUT2D eigenvalue weighted by Gasteiger charge is 2.13. The molecule has 3 rings (SSSR count). The Morgan fingerprint density at radius 3 is 2.70 bits per heavy atom. The summed E-state index contributed by atoms with van der Waals surface area (Å²) in [4.78, 5) is 17.3. The van der Waals surface area contributed by atoms with Crippen LogP contribution in [-0.4, -0.2) is 24.2 Å². The standard InChI is InChI=1S/C16H12BrNO3S2/c17-11-3-5-12(6-4-11)20-7-8-21-16(19)13-10-23-15(18-13)14-2-1-9-22-14/h1-6,9-10H,7-8H2. The van der Waals surface area contributed by atoms with Gasteiger partial charge in [-0.3, -0.25) is 0 Å². The van der Waals surface area contributed by atoms with Gasteiger partial charge in [-0.2, -0.15) is 0 Å². The molecular weight excluding hydrogens is 398 g/mol. The number of thiophene rings is 1. The van der Waals surface area contributed by atoms with Gasteiger partial charge in [0.25, 0.3) is 0 Å². The van der Waals surface area contributed by atoms with Crippen LogP contribution in [0, 0.1) is 0 Å². The maximum absolute atomic E-state index is 11.9. The first-order chi connectivity index (χ1) is 11.2. The van der Waals surface area contributed by atoms with E-state index in [9.17, 15) is 4.79 Å². The summed E-state index contributed by atoms with van der Waals surface area (Å²) in [6.07, 6.45) is 0. The van der Waals surface area contributed by atoms with Crippen molar-refractivity contribution in [3.05, 3.63) is 57.3 Å². The quantitative estimate of drug-likeness (QED) is 0.430. The molecule has 0 radical (unpaired) electrons. The number of benzene rings is 1. The molecule has 0 aliphatic heterocycles. The topological polar surface area (TPSA) is 48.4 Å². The van der Waals surface area contributed by atoms with Gasteiger partial charge in [0.15, 0.2) is 5.69 Å². The number of hydrogen-bond donors (Lipinski definition) is 0. The van der Waals surface area contributed by atoms with E-state index in [0.717, 1.165) is 20.1 Å². The fraction of sp³-hybridized carbons (Fsp3) is 0.125. The van der Waals surface area contributed by atoms with Crippen LogP contribution in [0.5, 0.6) is 5.75 Å². The summed E-state index contributed by atoms with van der Waals surface area (Å²) in [6, 6.07) is 11.4. The van der Waals surface area contributed by atoms with E-state index >= 15 is 0 Å². The summed E-state index contributed by atoms with van der Waals surface area (Å²) in [5.41, 5.74) is 0.335. The van der Waals surface area contributed by atoms with Crippen LogP contribution in [0.1, 0.15) is 10.5 Å². The third kappa shape index (κ3) is 4.40. The van der Waals surface area contributed by atoms with Crippen molar-refractivity contribution >= 4 is 44.6 Å². The molecule has 0 amide bonds. The Labute approximate surface area is 149 Å². The van der Waals surface area contributed by atoms with Crippen LogP contribution < -0.4 is 4.74 Å². The predicted molar refractivity (Wildman–Crippen MR) is 95.3 cm³/mol. The largest absolute Gasteiger partial charge is 0.490 e. The highest BCUT2D eigenvalue weighted by atomic mass is 79.9. The first-order valence-electron chi connectivity index (χ1n) is 6.77. The van der Waals surface area contributed by atoms with Gasteiger partial charge >= 0.3 is 5.97 Å². The van der Waals surface area contributed by atoms with Gasteiger partial charge in [0.05, 0.1) is 4.88 Å². The summed E-state index contributed by atoms with van der Waals surface area (Å²) in [5, 5.41) is 4.53. The molecule has 118 valence electrons. The number of hydrogen-bond acceptors (Lipinski definition) is 6. The Hall–Kier alpha value is -1.70. The summed E-state index contributed by atoms with van der Waals surface area (Å²) >= 11 is 6.39. The minimum Gasteiger partial charge on any atom is -0.490 e. The molecular formula is C16H12BrNO3S2. The lowest BCUT2D eigenvalue weighted by atomic mass is 10.3. The molecule has 0 spiro atoms. The highest BCUT2D eigenvalue weighted by Crippen LogP contribution is 2.27. The van der Waals surface area contributed by atoms with E-state index in [-0.39, 0.29) is 6.61 Å². The van der Waals surface area contributed by atoms with Crippen LogP contribution >= 0.6 is 38.6 Å². The second-order valence-electron chi connectivity index (χ2n) is 4.45. The van der Waals surface area contributed by atoms with Crippen molar-refractivity contribution in [2.45, 2.75) is 0 Å². The number of nitrogens with zero attached hydrogens (tertiary/aromatic N) is 1. The van der Waals surface area contributed by atoms with Gasteiger partial charge in [0.2, 0.25) is 0 Å². The van der Waals surface area contributed by atoms with Crippen LogP contribution in [0.2, 0.25) is 0 Å². The van der Waals surface area contributed by atoms with E-state index in [4.69, 9.17) is 9.47 Å². The van der Waals surface area contributed by atoms with Gasteiger partial charge in [-0.25, -0.2) is 9.78 Å². The Balaban J connectivity index is 1.47. The molecule has 2 heterocycles. The summed E-state index contributed by atoms with van der Waals surface area (Å²) in [5.74, 6) is 0.307. The van der Waals surface area contributed by atoms with E-state index < -0.39 is 5.97 Å². The predicted octanol–water partition coefficient (Wildman–Crippen LogP) is 4.87. The molecule has 3 aromatic rings. The van der Waals surface area contributed by atoms with Gasteiger partial charge < -0.3 is 9.47 Å². The van der Waals surface area contributed by atoms with Crippen molar-refractivity contribution in [1.82, 2.24) is 4.98 Å². The van der Waals surface area contributed by atoms with Crippen molar-refractivity contribution in [2.75, 3.05) is 13.2 Å². The van der Waals surface area contributed by atoms with Gasteiger partial charge in [-0.05, 0) is 35.7 Å². The zero-order valence-corrected chi connectivity index (χ0v) is 15.1. The van der Waals surface area contributed by atoms with Gasteiger partial charge in [-0.1, -0.05) is 22.0 Å². The molecule has 0 atom stereocenters. The molecule has 2 aromatic heterocycles. The van der Waals surface area contributed by atoms with Gasteiger partial charge in [-0.15, -0.1) is 22.7 Å². The van der Waals surface area contributed by atoms with Crippen molar-refractivity contribution in [1.29, 1.82) is 0 Å². The number of carbonyl (C=O) groups excluding carboxylic acids is 1. The molecule has 0 aliphatic rings. The molecule has 0 bridgehead atoms. The number of aromatic nitrogens is 1. The summed E-state index contributed by atoms with van der Waals surface area (Å²) in [7, 11) is 0. The van der Waals surface area contributed by atoms with Crippen LogP contribution in [0.3, 0.4) is 0 Å². The number of carbonyl (C=O) groups is 1. The fourth-order valence-corrected chi connectivity index (χ4v) is 3.65. The maximum Gasteiger partial charge on any atom is 0.357 e. The lowest BCUT2D eigenvalue weighted by Crippen LogP contribution is -2.12. The van der Waals surface area contributed by atoms with Crippen LogP contribution in [0.15, 0.2) is 51.6 Å². The molecule has 0 unspecified atom stereocenters. The number of rotatable bonds is 6. The number of esters is 1. The Kier molecular flexibility index (Phi) is 5.43. The monoisotopic (exact) mass is 409 g/mol. The van der Waals surface area contributed by atoms with Gasteiger partial charge in [0, 0.05) is 9.85 Å². The zero-order valence-electron chi connectivity index (χ0n) is 11.9. The first-order valence-corrected chi connectivity index (χ1v) is 9.32. The van der Waals surface area contributed by atoms with E-state index in [0.29, 0.717) is 12.3 Å². The number of halogens is 1. The molecule has 0 N–H and O–H groups in total. The normalized spacial score (nSPS) is 10.5. The third-order valence-electron chi connectivity index (χ3n) is 2.84. The minimum atomic E-state index is -0.427.